The second-order valence-electron chi connectivity index (χ2n) is 5.28. The summed E-state index contributed by atoms with van der Waals surface area (Å²) < 4.78 is 5.76. The van der Waals surface area contributed by atoms with E-state index >= 15 is 0 Å². The molecule has 0 saturated carbocycles. The number of fused-ring (bicyclic) bond motifs is 1. The van der Waals surface area contributed by atoms with Crippen LogP contribution in [0.25, 0.3) is 0 Å². The Morgan fingerprint density at radius 1 is 1.24 bits per heavy atom. The smallest absolute Gasteiger partial charge is 0.142 e. The van der Waals surface area contributed by atoms with E-state index in [-0.39, 0.29) is 5.92 Å². The predicted octanol–water partition coefficient (Wildman–Crippen LogP) is 3.39. The third kappa shape index (κ3) is 2.84. The Balaban J connectivity index is 1.98. The maximum Gasteiger partial charge on any atom is 0.142 e. The van der Waals surface area contributed by atoms with Gasteiger partial charge in [-0.3, -0.25) is 0 Å². The molecule has 3 rings (SSSR count). The van der Waals surface area contributed by atoms with Gasteiger partial charge >= 0.3 is 0 Å². The van der Waals surface area contributed by atoms with Crippen molar-refractivity contribution < 1.29 is 4.74 Å². The first kappa shape index (κ1) is 13.9. The van der Waals surface area contributed by atoms with Crippen LogP contribution in [0.15, 0.2) is 30.3 Å². The van der Waals surface area contributed by atoms with Crippen LogP contribution in [-0.4, -0.2) is 23.1 Å². The van der Waals surface area contributed by atoms with E-state index in [1.807, 2.05) is 18.2 Å². The fourth-order valence-electron chi connectivity index (χ4n) is 2.71. The van der Waals surface area contributed by atoms with Crippen molar-refractivity contribution >= 4 is 5.82 Å². The summed E-state index contributed by atoms with van der Waals surface area (Å²) in [5, 5.41) is 3.30. The van der Waals surface area contributed by atoms with Crippen LogP contribution >= 0.6 is 0 Å². The molecule has 2 heterocycles. The summed E-state index contributed by atoms with van der Waals surface area (Å²) in [7, 11) is 0. The molecule has 1 aromatic heterocycles. The molecule has 0 bridgehead atoms. The first-order chi connectivity index (χ1) is 10.3. The normalized spacial score (nSPS) is 16.4. The van der Waals surface area contributed by atoms with Crippen molar-refractivity contribution in [3.63, 3.8) is 0 Å². The Morgan fingerprint density at radius 3 is 2.90 bits per heavy atom. The summed E-state index contributed by atoms with van der Waals surface area (Å²) in [4.78, 5) is 9.44. The molecule has 0 aliphatic carbocycles. The number of nitrogens with one attached hydrogen (secondary N) is 1. The SMILES string of the molecule is CCCc1cc(NCC)nc(C2COc3ccccc32)n1. The Morgan fingerprint density at radius 2 is 2.10 bits per heavy atom. The van der Waals surface area contributed by atoms with E-state index in [9.17, 15) is 0 Å². The highest BCUT2D eigenvalue weighted by Crippen LogP contribution is 2.36. The third-order valence-corrected chi connectivity index (χ3v) is 3.67. The van der Waals surface area contributed by atoms with E-state index in [4.69, 9.17) is 9.72 Å². The lowest BCUT2D eigenvalue weighted by Gasteiger charge is -2.12. The first-order valence-corrected chi connectivity index (χ1v) is 7.65. The molecule has 21 heavy (non-hydrogen) atoms. The molecule has 1 N–H and O–H groups in total. The topological polar surface area (TPSA) is 47.0 Å². The van der Waals surface area contributed by atoms with Gasteiger partial charge in [0.05, 0.1) is 5.92 Å². The lowest BCUT2D eigenvalue weighted by molar-refractivity contribution is 0.339. The molecular weight excluding hydrogens is 262 g/mol. The number of ether oxygens (including phenoxy) is 1. The van der Waals surface area contributed by atoms with Gasteiger partial charge in [0.1, 0.15) is 24.0 Å². The molecule has 0 fully saturated rings. The first-order valence-electron chi connectivity index (χ1n) is 7.65. The van der Waals surface area contributed by atoms with Gasteiger partial charge in [-0.15, -0.1) is 0 Å². The molecule has 4 heteroatoms. The molecule has 4 nitrogen and oxygen atoms in total. The van der Waals surface area contributed by atoms with Gasteiger partial charge < -0.3 is 10.1 Å². The molecule has 2 aromatic rings. The van der Waals surface area contributed by atoms with E-state index in [0.717, 1.165) is 42.5 Å². The Bertz CT molecular complexity index is 603. The number of anilines is 1. The number of rotatable bonds is 5. The van der Waals surface area contributed by atoms with Gasteiger partial charge in [-0.25, -0.2) is 9.97 Å². The molecular formula is C17H21N3O. The minimum atomic E-state index is 0.135. The van der Waals surface area contributed by atoms with Gasteiger partial charge in [-0.05, 0) is 19.4 Å². The summed E-state index contributed by atoms with van der Waals surface area (Å²) in [5.41, 5.74) is 2.29. The number of hydrogen-bond acceptors (Lipinski definition) is 4. The summed E-state index contributed by atoms with van der Waals surface area (Å²) in [6.45, 7) is 5.73. The highest BCUT2D eigenvalue weighted by Gasteiger charge is 2.28. The van der Waals surface area contributed by atoms with Crippen molar-refractivity contribution in [2.24, 2.45) is 0 Å². The highest BCUT2D eigenvalue weighted by molar-refractivity contribution is 5.45. The van der Waals surface area contributed by atoms with Crippen LogP contribution in [0.3, 0.4) is 0 Å². The number of hydrogen-bond donors (Lipinski definition) is 1. The van der Waals surface area contributed by atoms with Crippen molar-refractivity contribution in [3.8, 4) is 5.75 Å². The third-order valence-electron chi connectivity index (χ3n) is 3.67. The van der Waals surface area contributed by atoms with Crippen molar-refractivity contribution in [2.45, 2.75) is 32.6 Å². The van der Waals surface area contributed by atoms with E-state index in [1.165, 1.54) is 5.56 Å². The van der Waals surface area contributed by atoms with E-state index in [1.54, 1.807) is 0 Å². The largest absolute Gasteiger partial charge is 0.492 e. The number of para-hydroxylation sites is 1. The molecule has 1 aromatic carbocycles. The van der Waals surface area contributed by atoms with Crippen LogP contribution in [0, 0.1) is 0 Å². The minimum absolute atomic E-state index is 0.135. The standard InChI is InChI=1S/C17H21N3O/c1-3-7-12-10-16(18-4-2)20-17(19-12)14-11-21-15-9-6-5-8-13(14)15/h5-6,8-10,14H,3-4,7,11H2,1-2H3,(H,18,19,20). The molecule has 0 amide bonds. The molecule has 110 valence electrons. The van der Waals surface area contributed by atoms with Gasteiger partial charge in [0.25, 0.3) is 0 Å². The molecule has 0 saturated heterocycles. The molecule has 1 aliphatic rings. The Labute approximate surface area is 125 Å². The monoisotopic (exact) mass is 283 g/mol. The van der Waals surface area contributed by atoms with Crippen molar-refractivity contribution in [2.75, 3.05) is 18.5 Å². The zero-order valence-corrected chi connectivity index (χ0v) is 12.6. The van der Waals surface area contributed by atoms with E-state index < -0.39 is 0 Å². The minimum Gasteiger partial charge on any atom is -0.492 e. The maximum atomic E-state index is 5.76. The Hall–Kier alpha value is -2.10. The van der Waals surface area contributed by atoms with Gasteiger partial charge in [0.15, 0.2) is 0 Å². The lowest BCUT2D eigenvalue weighted by Crippen LogP contribution is -2.12. The lowest BCUT2D eigenvalue weighted by atomic mass is 10.0. The zero-order valence-electron chi connectivity index (χ0n) is 12.6. The number of aromatic nitrogens is 2. The average molecular weight is 283 g/mol. The van der Waals surface area contributed by atoms with Crippen LogP contribution in [0.2, 0.25) is 0 Å². The van der Waals surface area contributed by atoms with E-state index in [0.29, 0.717) is 6.61 Å². The van der Waals surface area contributed by atoms with Gasteiger partial charge in [0, 0.05) is 23.9 Å². The summed E-state index contributed by atoms with van der Waals surface area (Å²) in [6, 6.07) is 10.2. The van der Waals surface area contributed by atoms with Crippen LogP contribution in [0.1, 0.15) is 43.3 Å². The van der Waals surface area contributed by atoms with E-state index in [2.05, 4.69) is 36.3 Å². The van der Waals surface area contributed by atoms with Gasteiger partial charge in [-0.2, -0.15) is 0 Å². The summed E-state index contributed by atoms with van der Waals surface area (Å²) in [5.74, 6) is 2.87. The Kier molecular flexibility index (Phi) is 4.04. The van der Waals surface area contributed by atoms with Gasteiger partial charge in [-0.1, -0.05) is 31.5 Å². The highest BCUT2D eigenvalue weighted by atomic mass is 16.5. The van der Waals surface area contributed by atoms with Crippen LogP contribution < -0.4 is 10.1 Å². The van der Waals surface area contributed by atoms with Crippen molar-refractivity contribution in [1.29, 1.82) is 0 Å². The zero-order chi connectivity index (χ0) is 14.7. The second-order valence-corrected chi connectivity index (χ2v) is 5.28. The number of aryl methyl sites for hydroxylation is 1. The average Bonchev–Trinajstić information content (AvgIpc) is 2.92. The summed E-state index contributed by atoms with van der Waals surface area (Å²) in [6.07, 6.45) is 2.06. The van der Waals surface area contributed by atoms with Crippen molar-refractivity contribution in [3.05, 3.63) is 47.4 Å². The fourth-order valence-corrected chi connectivity index (χ4v) is 2.71. The molecule has 0 radical (unpaired) electrons. The fraction of sp³-hybridized carbons (Fsp3) is 0.412. The predicted molar refractivity (Wildman–Crippen MR) is 84.0 cm³/mol. The van der Waals surface area contributed by atoms with Gasteiger partial charge in [0.2, 0.25) is 0 Å². The van der Waals surface area contributed by atoms with Crippen LogP contribution in [0.5, 0.6) is 5.75 Å². The number of benzene rings is 1. The molecule has 1 unspecified atom stereocenters. The number of nitrogens with zero attached hydrogens (tertiary/aromatic N) is 2. The second kappa shape index (κ2) is 6.12. The molecule has 1 aliphatic heterocycles. The summed E-state index contributed by atoms with van der Waals surface area (Å²) >= 11 is 0. The molecule has 0 spiro atoms. The molecule has 1 atom stereocenters. The maximum absolute atomic E-state index is 5.76. The van der Waals surface area contributed by atoms with Crippen molar-refractivity contribution in [1.82, 2.24) is 9.97 Å². The van der Waals surface area contributed by atoms with Crippen LogP contribution in [-0.2, 0) is 6.42 Å². The van der Waals surface area contributed by atoms with Crippen LogP contribution in [0.4, 0.5) is 5.82 Å². The quantitative estimate of drug-likeness (QED) is 0.913.